The lowest BCUT2D eigenvalue weighted by atomic mass is 9.94. The second kappa shape index (κ2) is 6.19. The number of nitrogens with one attached hydrogen (secondary N) is 1. The van der Waals surface area contributed by atoms with Gasteiger partial charge < -0.3 is 5.32 Å². The molecule has 0 heterocycles. The third-order valence-corrected chi connectivity index (χ3v) is 3.83. The Bertz CT molecular complexity index is 407. The monoisotopic (exact) mass is 269 g/mol. The van der Waals surface area contributed by atoms with Gasteiger partial charge in [0.15, 0.2) is 0 Å². The minimum Gasteiger partial charge on any atom is -0.352 e. The molecule has 1 N–H and O–H groups in total. The van der Waals surface area contributed by atoms with Crippen LogP contribution in [0.3, 0.4) is 0 Å². The first kappa shape index (κ1) is 13.3. The predicted molar refractivity (Wildman–Crippen MR) is 70.1 cm³/mol. The molecule has 0 aliphatic heterocycles. The number of halogens is 2. The van der Waals surface area contributed by atoms with Gasteiger partial charge >= 0.3 is 0 Å². The zero-order valence-electron chi connectivity index (χ0n) is 10.2. The highest BCUT2D eigenvalue weighted by Crippen LogP contribution is 2.23. The highest BCUT2D eigenvalue weighted by molar-refractivity contribution is 6.21. The second-order valence-corrected chi connectivity index (χ2v) is 5.34. The Morgan fingerprint density at radius 1 is 1.28 bits per heavy atom. The van der Waals surface area contributed by atoms with E-state index in [2.05, 4.69) is 5.32 Å². The topological polar surface area (TPSA) is 29.1 Å². The van der Waals surface area contributed by atoms with E-state index in [4.69, 9.17) is 11.6 Å². The average molecular weight is 270 g/mol. The maximum Gasteiger partial charge on any atom is 0.224 e. The number of carbonyl (C=O) groups excluding carboxylic acids is 1. The van der Waals surface area contributed by atoms with Crippen LogP contribution in [-0.2, 0) is 11.2 Å². The lowest BCUT2D eigenvalue weighted by Gasteiger charge is -2.27. The lowest BCUT2D eigenvalue weighted by Crippen LogP contribution is -2.43. The van der Waals surface area contributed by atoms with E-state index >= 15 is 0 Å². The fourth-order valence-corrected chi connectivity index (χ4v) is 2.64. The number of rotatable bonds is 3. The predicted octanol–water partition coefficient (Wildman–Crippen LogP) is 3.03. The smallest absolute Gasteiger partial charge is 0.224 e. The van der Waals surface area contributed by atoms with Crippen LogP contribution in [0.4, 0.5) is 4.39 Å². The Kier molecular flexibility index (Phi) is 4.59. The van der Waals surface area contributed by atoms with Gasteiger partial charge in [-0.2, -0.15) is 0 Å². The van der Waals surface area contributed by atoms with Gasteiger partial charge in [0.25, 0.3) is 0 Å². The fourth-order valence-electron chi connectivity index (χ4n) is 2.29. The molecule has 2 rings (SSSR count). The molecule has 1 fully saturated rings. The van der Waals surface area contributed by atoms with Crippen molar-refractivity contribution in [2.24, 2.45) is 0 Å². The van der Waals surface area contributed by atoms with Crippen LogP contribution >= 0.6 is 11.6 Å². The van der Waals surface area contributed by atoms with Crippen molar-refractivity contribution in [3.05, 3.63) is 35.6 Å². The maximum absolute atomic E-state index is 12.7. The van der Waals surface area contributed by atoms with Crippen molar-refractivity contribution in [1.82, 2.24) is 5.32 Å². The van der Waals surface area contributed by atoms with E-state index in [0.717, 1.165) is 31.2 Å². The van der Waals surface area contributed by atoms with Crippen molar-refractivity contribution in [3.63, 3.8) is 0 Å². The highest BCUT2D eigenvalue weighted by atomic mass is 35.5. The summed E-state index contributed by atoms with van der Waals surface area (Å²) in [7, 11) is 0. The van der Waals surface area contributed by atoms with Crippen LogP contribution in [0.15, 0.2) is 24.3 Å². The van der Waals surface area contributed by atoms with Crippen LogP contribution in [-0.4, -0.2) is 17.3 Å². The van der Waals surface area contributed by atoms with Gasteiger partial charge in [0.2, 0.25) is 5.91 Å². The van der Waals surface area contributed by atoms with Crippen molar-refractivity contribution in [3.8, 4) is 0 Å². The molecule has 1 saturated carbocycles. The Balaban J connectivity index is 1.86. The van der Waals surface area contributed by atoms with Crippen LogP contribution in [0.5, 0.6) is 0 Å². The third-order valence-electron chi connectivity index (χ3n) is 3.31. The Morgan fingerprint density at radius 3 is 2.61 bits per heavy atom. The van der Waals surface area contributed by atoms with Crippen LogP contribution in [0.2, 0.25) is 0 Å². The van der Waals surface area contributed by atoms with E-state index in [0.29, 0.717) is 0 Å². The molecule has 0 bridgehead atoms. The summed E-state index contributed by atoms with van der Waals surface area (Å²) >= 11 is 6.19. The van der Waals surface area contributed by atoms with E-state index in [1.807, 2.05) is 0 Å². The summed E-state index contributed by atoms with van der Waals surface area (Å²) in [5, 5.41) is 3.00. The molecule has 0 spiro atoms. The first-order chi connectivity index (χ1) is 8.65. The van der Waals surface area contributed by atoms with Crippen molar-refractivity contribution >= 4 is 17.5 Å². The van der Waals surface area contributed by atoms with Gasteiger partial charge in [-0.3, -0.25) is 4.79 Å². The Hall–Kier alpha value is -1.09. The molecule has 4 heteroatoms. The molecule has 18 heavy (non-hydrogen) atoms. The standard InChI is InChI=1S/C14H17ClFNO/c15-12-3-1-2-4-13(12)17-14(18)9-10-5-7-11(16)8-6-10/h5-8,12-13H,1-4,9H2,(H,17,18). The number of alkyl halides is 1. The third kappa shape index (κ3) is 3.70. The SMILES string of the molecule is O=C(Cc1ccc(F)cc1)NC1CCCCC1Cl. The summed E-state index contributed by atoms with van der Waals surface area (Å²) in [6, 6.07) is 6.08. The van der Waals surface area contributed by atoms with Crippen molar-refractivity contribution in [1.29, 1.82) is 0 Å². The molecule has 98 valence electrons. The molecule has 1 aromatic carbocycles. The second-order valence-electron chi connectivity index (χ2n) is 4.78. The van der Waals surface area contributed by atoms with E-state index < -0.39 is 0 Å². The quantitative estimate of drug-likeness (QED) is 0.840. The molecule has 2 atom stereocenters. The van der Waals surface area contributed by atoms with E-state index in [9.17, 15) is 9.18 Å². The van der Waals surface area contributed by atoms with Crippen LogP contribution in [0.25, 0.3) is 0 Å². The summed E-state index contributed by atoms with van der Waals surface area (Å²) in [6.45, 7) is 0. The van der Waals surface area contributed by atoms with Crippen molar-refractivity contribution in [2.75, 3.05) is 0 Å². The van der Waals surface area contributed by atoms with Gasteiger partial charge in [0.1, 0.15) is 5.82 Å². The molecular weight excluding hydrogens is 253 g/mol. The molecule has 0 radical (unpaired) electrons. The lowest BCUT2D eigenvalue weighted by molar-refractivity contribution is -0.121. The molecule has 1 aliphatic rings. The summed E-state index contributed by atoms with van der Waals surface area (Å²) in [5.74, 6) is -0.327. The minimum atomic E-state index is -0.285. The molecule has 0 aromatic heterocycles. The highest BCUT2D eigenvalue weighted by Gasteiger charge is 2.24. The van der Waals surface area contributed by atoms with Gasteiger partial charge in [-0.1, -0.05) is 25.0 Å². The number of benzene rings is 1. The van der Waals surface area contributed by atoms with Crippen molar-refractivity contribution in [2.45, 2.75) is 43.5 Å². The van der Waals surface area contributed by atoms with Crippen LogP contribution in [0, 0.1) is 5.82 Å². The summed E-state index contributed by atoms with van der Waals surface area (Å²) in [4.78, 5) is 11.8. The van der Waals surface area contributed by atoms with Crippen LogP contribution in [0.1, 0.15) is 31.2 Å². The average Bonchev–Trinajstić information content (AvgIpc) is 2.35. The zero-order chi connectivity index (χ0) is 13.0. The summed E-state index contributed by atoms with van der Waals surface area (Å²) in [5.41, 5.74) is 0.816. The molecule has 1 aliphatic carbocycles. The zero-order valence-corrected chi connectivity index (χ0v) is 10.9. The molecule has 2 unspecified atom stereocenters. The van der Waals surface area contributed by atoms with Gasteiger partial charge in [-0.05, 0) is 30.5 Å². The van der Waals surface area contributed by atoms with E-state index in [-0.39, 0.29) is 29.6 Å². The van der Waals surface area contributed by atoms with Gasteiger partial charge in [-0.25, -0.2) is 4.39 Å². The molecule has 2 nitrogen and oxygen atoms in total. The largest absolute Gasteiger partial charge is 0.352 e. The van der Waals surface area contributed by atoms with Crippen molar-refractivity contribution < 1.29 is 9.18 Å². The summed E-state index contributed by atoms with van der Waals surface area (Å²) < 4.78 is 12.7. The molecule has 0 saturated heterocycles. The first-order valence-electron chi connectivity index (χ1n) is 6.33. The fraction of sp³-hybridized carbons (Fsp3) is 0.500. The van der Waals surface area contributed by atoms with Crippen LogP contribution < -0.4 is 5.32 Å². The molecule has 1 aromatic rings. The van der Waals surface area contributed by atoms with Gasteiger partial charge in [0.05, 0.1) is 11.8 Å². The summed E-state index contributed by atoms with van der Waals surface area (Å²) in [6.07, 6.45) is 4.44. The van der Waals surface area contributed by atoms with E-state index in [1.54, 1.807) is 12.1 Å². The number of hydrogen-bond acceptors (Lipinski definition) is 1. The Morgan fingerprint density at radius 2 is 1.94 bits per heavy atom. The number of hydrogen-bond donors (Lipinski definition) is 1. The normalized spacial score (nSPS) is 23.7. The van der Waals surface area contributed by atoms with Gasteiger partial charge in [0, 0.05) is 6.04 Å². The number of carbonyl (C=O) groups is 1. The Labute approximate surface area is 112 Å². The number of amides is 1. The maximum atomic E-state index is 12.7. The minimum absolute atomic E-state index is 0.0379. The van der Waals surface area contributed by atoms with E-state index in [1.165, 1.54) is 12.1 Å². The first-order valence-corrected chi connectivity index (χ1v) is 6.76. The van der Waals surface area contributed by atoms with Gasteiger partial charge in [-0.15, -0.1) is 11.6 Å². The molecule has 1 amide bonds. The molecular formula is C14H17ClFNO.